The van der Waals surface area contributed by atoms with Crippen molar-refractivity contribution in [2.45, 2.75) is 19.5 Å². The minimum Gasteiger partial charge on any atom is -0.508 e. The molecule has 0 radical (unpaired) electrons. The van der Waals surface area contributed by atoms with Crippen molar-refractivity contribution in [3.63, 3.8) is 0 Å². The summed E-state index contributed by atoms with van der Waals surface area (Å²) in [4.78, 5) is 1.97. The molecule has 1 atom stereocenters. The molecule has 0 saturated heterocycles. The number of nitrogens with one attached hydrogen (secondary N) is 1. The molecule has 7 heteroatoms. The van der Waals surface area contributed by atoms with Gasteiger partial charge in [-0.25, -0.2) is 0 Å². The van der Waals surface area contributed by atoms with Gasteiger partial charge >= 0.3 is 0 Å². The van der Waals surface area contributed by atoms with E-state index >= 15 is 0 Å². The highest BCUT2D eigenvalue weighted by molar-refractivity contribution is 7.80. The van der Waals surface area contributed by atoms with Gasteiger partial charge in [-0.3, -0.25) is 0 Å². The molecule has 3 rings (SSSR count). The van der Waals surface area contributed by atoms with Gasteiger partial charge in [0.15, 0.2) is 5.11 Å². The Morgan fingerprint density at radius 3 is 2.21 bits per heavy atom. The highest BCUT2D eigenvalue weighted by atomic mass is 35.5. The second kappa shape index (κ2) is 9.68. The molecule has 2 N–H and O–H groups in total. The fourth-order valence-corrected chi connectivity index (χ4v) is 4.25. The average molecular weight is 466 g/mol. The Hall–Kier alpha value is -1.98. The van der Waals surface area contributed by atoms with Gasteiger partial charge in [0, 0.05) is 17.1 Å². The van der Waals surface area contributed by atoms with Crippen LogP contribution in [0, 0.1) is 0 Å². The van der Waals surface area contributed by atoms with Crippen molar-refractivity contribution in [1.82, 2.24) is 4.90 Å². The molecule has 0 bridgehead atoms. The monoisotopic (exact) mass is 464 g/mol. The standard InChI is InChI=1S/C22H19Cl3N2OS/c1-14(17-9-5-6-10-20(17)28)27(13-15-7-3-2-4-8-15)22(29)26-21-18(24)11-16(23)12-19(21)25/h2-12,14,28H,13H2,1H3,(H,26,29)/t14-/m1/s1. The van der Waals surface area contributed by atoms with Gasteiger partial charge in [0.1, 0.15) is 5.75 Å². The van der Waals surface area contributed by atoms with Crippen LogP contribution in [0.25, 0.3) is 0 Å². The summed E-state index contributed by atoms with van der Waals surface area (Å²) in [5.74, 6) is 0.211. The quantitative estimate of drug-likeness (QED) is 0.387. The first kappa shape index (κ1) is 21.7. The number of anilines is 1. The van der Waals surface area contributed by atoms with E-state index in [9.17, 15) is 5.11 Å². The molecule has 0 amide bonds. The fourth-order valence-electron chi connectivity index (χ4n) is 3.01. The molecule has 0 aromatic heterocycles. The van der Waals surface area contributed by atoms with Crippen molar-refractivity contribution >= 4 is 57.8 Å². The lowest BCUT2D eigenvalue weighted by Gasteiger charge is -2.33. The Bertz CT molecular complexity index is 991. The molecule has 3 nitrogen and oxygen atoms in total. The van der Waals surface area contributed by atoms with Crippen LogP contribution in [-0.2, 0) is 6.54 Å². The van der Waals surface area contributed by atoms with Crippen molar-refractivity contribution < 1.29 is 5.11 Å². The molecule has 3 aromatic carbocycles. The van der Waals surface area contributed by atoms with Crippen LogP contribution >= 0.6 is 47.0 Å². The molecule has 0 saturated carbocycles. The summed E-state index contributed by atoms with van der Waals surface area (Å²) in [6.45, 7) is 2.52. The van der Waals surface area contributed by atoms with Crippen LogP contribution < -0.4 is 5.32 Å². The Balaban J connectivity index is 1.94. The number of nitrogens with zero attached hydrogens (tertiary/aromatic N) is 1. The molecule has 0 aliphatic rings. The number of hydrogen-bond donors (Lipinski definition) is 2. The van der Waals surface area contributed by atoms with E-state index in [1.807, 2.05) is 54.3 Å². The van der Waals surface area contributed by atoms with Crippen LogP contribution in [0.15, 0.2) is 66.7 Å². The minimum atomic E-state index is -0.207. The van der Waals surface area contributed by atoms with E-state index in [1.165, 1.54) is 0 Å². The average Bonchev–Trinajstić information content (AvgIpc) is 2.69. The largest absolute Gasteiger partial charge is 0.508 e. The first-order valence-electron chi connectivity index (χ1n) is 8.91. The highest BCUT2D eigenvalue weighted by Gasteiger charge is 2.23. The highest BCUT2D eigenvalue weighted by Crippen LogP contribution is 2.35. The lowest BCUT2D eigenvalue weighted by Crippen LogP contribution is -2.36. The van der Waals surface area contributed by atoms with E-state index in [4.69, 9.17) is 47.0 Å². The fraction of sp³-hybridized carbons (Fsp3) is 0.136. The van der Waals surface area contributed by atoms with Gasteiger partial charge in [-0.05, 0) is 42.9 Å². The lowest BCUT2D eigenvalue weighted by molar-refractivity contribution is 0.324. The lowest BCUT2D eigenvalue weighted by atomic mass is 10.1. The van der Waals surface area contributed by atoms with Gasteiger partial charge in [-0.15, -0.1) is 0 Å². The van der Waals surface area contributed by atoms with Gasteiger partial charge < -0.3 is 15.3 Å². The Kier molecular flexibility index (Phi) is 7.25. The third-order valence-electron chi connectivity index (χ3n) is 4.55. The third-order valence-corrected chi connectivity index (χ3v) is 5.70. The van der Waals surface area contributed by atoms with Crippen molar-refractivity contribution in [3.8, 4) is 5.75 Å². The molecule has 0 heterocycles. The number of phenols is 1. The predicted molar refractivity (Wildman–Crippen MR) is 126 cm³/mol. The summed E-state index contributed by atoms with van der Waals surface area (Å²) < 4.78 is 0. The van der Waals surface area contributed by atoms with Crippen LogP contribution in [0.2, 0.25) is 15.1 Å². The number of para-hydroxylation sites is 1. The molecule has 0 aliphatic heterocycles. The van der Waals surface area contributed by atoms with Crippen molar-refractivity contribution in [2.24, 2.45) is 0 Å². The molecule has 150 valence electrons. The van der Waals surface area contributed by atoms with E-state index in [0.29, 0.717) is 32.4 Å². The number of benzene rings is 3. The van der Waals surface area contributed by atoms with Crippen molar-refractivity contribution in [2.75, 3.05) is 5.32 Å². The summed E-state index contributed by atoms with van der Waals surface area (Å²) in [6, 6.07) is 20.2. The molecule has 3 aromatic rings. The molecule has 0 fully saturated rings. The number of aromatic hydroxyl groups is 1. The molecule has 0 unspecified atom stereocenters. The third kappa shape index (κ3) is 5.34. The SMILES string of the molecule is C[C@H](c1ccccc1O)N(Cc1ccccc1)C(=S)Nc1c(Cl)cc(Cl)cc1Cl. The maximum Gasteiger partial charge on any atom is 0.174 e. The molecule has 0 spiro atoms. The zero-order chi connectivity index (χ0) is 21.0. The minimum absolute atomic E-state index is 0.207. The summed E-state index contributed by atoms with van der Waals surface area (Å²) in [7, 11) is 0. The van der Waals surface area contributed by atoms with Crippen LogP contribution in [0.5, 0.6) is 5.75 Å². The maximum atomic E-state index is 10.3. The normalized spacial score (nSPS) is 11.7. The first-order valence-corrected chi connectivity index (χ1v) is 10.4. The predicted octanol–water partition coefficient (Wildman–Crippen LogP) is 7.31. The van der Waals surface area contributed by atoms with E-state index in [0.717, 1.165) is 11.1 Å². The van der Waals surface area contributed by atoms with Gasteiger partial charge in [-0.2, -0.15) is 0 Å². The molecular formula is C22H19Cl3N2OS. The summed E-state index contributed by atoms with van der Waals surface area (Å²) in [5, 5.41) is 15.1. The smallest absolute Gasteiger partial charge is 0.174 e. The zero-order valence-corrected chi connectivity index (χ0v) is 18.7. The molecular weight excluding hydrogens is 447 g/mol. The Morgan fingerprint density at radius 1 is 1.00 bits per heavy atom. The van der Waals surface area contributed by atoms with Gasteiger partial charge in [0.05, 0.1) is 21.8 Å². The summed E-state index contributed by atoms with van der Waals surface area (Å²) in [6.07, 6.45) is 0. The summed E-state index contributed by atoms with van der Waals surface area (Å²) >= 11 is 24.4. The van der Waals surface area contributed by atoms with E-state index < -0.39 is 0 Å². The van der Waals surface area contributed by atoms with Gasteiger partial charge in [0.25, 0.3) is 0 Å². The van der Waals surface area contributed by atoms with Gasteiger partial charge in [0.2, 0.25) is 0 Å². The Morgan fingerprint density at radius 2 is 1.59 bits per heavy atom. The number of halogens is 3. The number of phenolic OH excluding ortho intramolecular Hbond substituents is 1. The second-order valence-electron chi connectivity index (χ2n) is 6.52. The van der Waals surface area contributed by atoms with Crippen LogP contribution in [0.4, 0.5) is 5.69 Å². The second-order valence-corrected chi connectivity index (χ2v) is 8.16. The number of rotatable bonds is 5. The number of thiocarbonyl (C=S) groups is 1. The van der Waals surface area contributed by atoms with Crippen LogP contribution in [0.3, 0.4) is 0 Å². The van der Waals surface area contributed by atoms with Gasteiger partial charge in [-0.1, -0.05) is 83.3 Å². The van der Waals surface area contributed by atoms with Crippen molar-refractivity contribution in [1.29, 1.82) is 0 Å². The topological polar surface area (TPSA) is 35.5 Å². The van der Waals surface area contributed by atoms with E-state index in [-0.39, 0.29) is 11.8 Å². The maximum absolute atomic E-state index is 10.3. The Labute approximate surface area is 190 Å². The molecule has 29 heavy (non-hydrogen) atoms. The zero-order valence-electron chi connectivity index (χ0n) is 15.6. The van der Waals surface area contributed by atoms with Crippen molar-refractivity contribution in [3.05, 3.63) is 92.9 Å². The van der Waals surface area contributed by atoms with Crippen LogP contribution in [-0.4, -0.2) is 15.1 Å². The summed E-state index contributed by atoms with van der Waals surface area (Å²) in [5.41, 5.74) is 2.33. The van der Waals surface area contributed by atoms with Crippen LogP contribution in [0.1, 0.15) is 24.1 Å². The van der Waals surface area contributed by atoms with E-state index in [2.05, 4.69) is 5.32 Å². The van der Waals surface area contributed by atoms with E-state index in [1.54, 1.807) is 24.3 Å². The first-order chi connectivity index (χ1) is 13.9. The molecule has 0 aliphatic carbocycles. The number of hydrogen-bond acceptors (Lipinski definition) is 2.